The number of esters is 1. The van der Waals surface area contributed by atoms with Gasteiger partial charge in [0.2, 0.25) is 5.91 Å². The third-order valence-corrected chi connectivity index (χ3v) is 3.94. The van der Waals surface area contributed by atoms with Crippen molar-refractivity contribution in [2.24, 2.45) is 11.3 Å². The third kappa shape index (κ3) is 6.51. The zero-order valence-electron chi connectivity index (χ0n) is 15.6. The lowest BCUT2D eigenvalue weighted by atomic mass is 9.86. The summed E-state index contributed by atoms with van der Waals surface area (Å²) in [7, 11) is 1.73. The molecule has 5 nitrogen and oxygen atoms in total. The first kappa shape index (κ1) is 21.9. The van der Waals surface area contributed by atoms with Gasteiger partial charge in [0.1, 0.15) is 6.04 Å². The van der Waals surface area contributed by atoms with Crippen LogP contribution in [0.1, 0.15) is 48.5 Å². The molecule has 0 aliphatic rings. The van der Waals surface area contributed by atoms with E-state index < -0.39 is 6.04 Å². The first-order chi connectivity index (χ1) is 10.5. The van der Waals surface area contributed by atoms with E-state index in [0.717, 1.165) is 0 Å². The van der Waals surface area contributed by atoms with Crippen molar-refractivity contribution in [2.75, 3.05) is 13.7 Å². The molecule has 0 unspecified atom stereocenters. The van der Waals surface area contributed by atoms with Crippen molar-refractivity contribution in [3.63, 3.8) is 0 Å². The Morgan fingerprint density at radius 2 is 1.83 bits per heavy atom. The van der Waals surface area contributed by atoms with Crippen LogP contribution >= 0.6 is 11.8 Å². The quantitative estimate of drug-likeness (QED) is 0.437. The summed E-state index contributed by atoms with van der Waals surface area (Å²) in [6.45, 7) is 13.6. The predicted octanol–water partition coefficient (Wildman–Crippen LogP) is 3.14. The van der Waals surface area contributed by atoms with Crippen molar-refractivity contribution in [3.8, 4) is 0 Å². The number of hydrogen-bond acceptors (Lipinski definition) is 4. The van der Waals surface area contributed by atoms with Gasteiger partial charge >= 0.3 is 5.97 Å². The molecule has 0 aromatic carbocycles. The lowest BCUT2D eigenvalue weighted by Gasteiger charge is -2.36. The largest absolute Gasteiger partial charge is 0.463 e. The molecule has 23 heavy (non-hydrogen) atoms. The topological polar surface area (TPSA) is 58.6 Å². The average Bonchev–Trinajstić information content (AvgIpc) is 2.42. The van der Waals surface area contributed by atoms with Gasteiger partial charge in [0.15, 0.2) is 0 Å². The summed E-state index contributed by atoms with van der Waals surface area (Å²) in [5.41, 5.74) is 0.172. The standard InChI is InChI=1S/C17H31ClN2O3/c1-9-23-16(22)12(4)10-13(11(2)3)20(8)15(21)14(19-18)17(5,6)7/h10-11,13-14,19H,9H2,1-8H3/t13-,14-/m1/s1. The van der Waals surface area contributed by atoms with E-state index in [4.69, 9.17) is 16.5 Å². The van der Waals surface area contributed by atoms with E-state index in [0.29, 0.717) is 12.2 Å². The number of carbonyl (C=O) groups excluding carboxylic acids is 2. The maximum atomic E-state index is 12.8. The number of amides is 1. The molecule has 0 radical (unpaired) electrons. The van der Waals surface area contributed by atoms with Crippen LogP contribution in [0.3, 0.4) is 0 Å². The first-order valence-electron chi connectivity index (χ1n) is 7.95. The highest BCUT2D eigenvalue weighted by atomic mass is 35.5. The minimum Gasteiger partial charge on any atom is -0.463 e. The summed E-state index contributed by atoms with van der Waals surface area (Å²) in [5.74, 6) is -0.329. The van der Waals surface area contributed by atoms with Crippen LogP contribution in [-0.2, 0) is 14.3 Å². The predicted molar refractivity (Wildman–Crippen MR) is 94.0 cm³/mol. The van der Waals surface area contributed by atoms with Gasteiger partial charge in [0.05, 0.1) is 12.6 Å². The van der Waals surface area contributed by atoms with Crippen LogP contribution in [0.15, 0.2) is 11.6 Å². The van der Waals surface area contributed by atoms with Gasteiger partial charge in [-0.05, 0) is 37.0 Å². The van der Waals surface area contributed by atoms with Crippen LogP contribution in [-0.4, -0.2) is 42.5 Å². The van der Waals surface area contributed by atoms with Crippen LogP contribution in [0.2, 0.25) is 0 Å². The highest BCUT2D eigenvalue weighted by Crippen LogP contribution is 2.24. The molecule has 0 rings (SSSR count). The molecule has 2 atom stereocenters. The van der Waals surface area contributed by atoms with Gasteiger partial charge in [0.25, 0.3) is 0 Å². The molecule has 0 aliphatic carbocycles. The maximum Gasteiger partial charge on any atom is 0.333 e. The maximum absolute atomic E-state index is 12.8. The third-order valence-electron chi connectivity index (χ3n) is 3.72. The molecule has 0 fully saturated rings. The van der Waals surface area contributed by atoms with Crippen LogP contribution in [0, 0.1) is 11.3 Å². The Bertz CT molecular complexity index is 442. The molecule has 134 valence electrons. The molecule has 6 heteroatoms. The number of rotatable bonds is 7. The SMILES string of the molecule is CCOC(=O)C(C)=C[C@H](C(C)C)N(C)C(=O)[C@@H](NCl)C(C)(C)C. The lowest BCUT2D eigenvalue weighted by molar-refractivity contribution is -0.139. The minimum absolute atomic E-state index is 0.112. The van der Waals surface area contributed by atoms with Gasteiger partial charge in [-0.15, -0.1) is 0 Å². The monoisotopic (exact) mass is 346 g/mol. The Balaban J connectivity index is 5.43. The molecule has 0 aliphatic heterocycles. The van der Waals surface area contributed by atoms with Crippen molar-refractivity contribution in [2.45, 2.75) is 60.5 Å². The molecule has 0 spiro atoms. The van der Waals surface area contributed by atoms with Crippen LogP contribution < -0.4 is 4.84 Å². The second-order valence-electron chi connectivity index (χ2n) is 7.16. The summed E-state index contributed by atoms with van der Waals surface area (Å²) >= 11 is 5.79. The van der Waals surface area contributed by atoms with E-state index in [1.165, 1.54) is 0 Å². The molecule has 0 saturated carbocycles. The Morgan fingerprint density at radius 3 is 2.17 bits per heavy atom. The number of carbonyl (C=O) groups is 2. The van der Waals surface area contributed by atoms with Crippen molar-refractivity contribution in [3.05, 3.63) is 11.6 Å². The first-order valence-corrected chi connectivity index (χ1v) is 8.33. The number of nitrogens with zero attached hydrogens (tertiary/aromatic N) is 1. The van der Waals surface area contributed by atoms with E-state index in [-0.39, 0.29) is 29.3 Å². The summed E-state index contributed by atoms with van der Waals surface area (Å²) < 4.78 is 5.00. The van der Waals surface area contributed by atoms with Crippen molar-refractivity contribution < 1.29 is 14.3 Å². The van der Waals surface area contributed by atoms with Gasteiger partial charge in [-0.25, -0.2) is 9.63 Å². The number of hydrogen-bond donors (Lipinski definition) is 1. The van der Waals surface area contributed by atoms with Crippen LogP contribution in [0.25, 0.3) is 0 Å². The van der Waals surface area contributed by atoms with Gasteiger partial charge < -0.3 is 9.64 Å². The average molecular weight is 347 g/mol. The zero-order chi connectivity index (χ0) is 18.4. The van der Waals surface area contributed by atoms with E-state index in [1.54, 1.807) is 31.9 Å². The van der Waals surface area contributed by atoms with Crippen molar-refractivity contribution >= 4 is 23.7 Å². The van der Waals surface area contributed by atoms with Gasteiger partial charge in [-0.1, -0.05) is 40.7 Å². The zero-order valence-corrected chi connectivity index (χ0v) is 16.3. The molecule has 0 saturated heterocycles. The summed E-state index contributed by atoms with van der Waals surface area (Å²) in [5, 5.41) is 0. The van der Waals surface area contributed by atoms with Gasteiger partial charge in [-0.3, -0.25) is 4.79 Å². The molecular formula is C17H31ClN2O3. The Kier molecular flexibility index (Phi) is 8.85. The number of ether oxygens (including phenoxy) is 1. The second-order valence-corrected chi connectivity index (χ2v) is 7.38. The highest BCUT2D eigenvalue weighted by Gasteiger charge is 2.35. The van der Waals surface area contributed by atoms with Gasteiger partial charge in [0, 0.05) is 12.6 Å². The molecule has 1 N–H and O–H groups in total. The fraction of sp³-hybridized carbons (Fsp3) is 0.765. The summed E-state index contributed by atoms with van der Waals surface area (Å²) in [6.07, 6.45) is 1.79. The molecular weight excluding hydrogens is 316 g/mol. The van der Waals surface area contributed by atoms with E-state index >= 15 is 0 Å². The Hall–Kier alpha value is -1.07. The van der Waals surface area contributed by atoms with E-state index in [9.17, 15) is 9.59 Å². The van der Waals surface area contributed by atoms with Crippen LogP contribution in [0.4, 0.5) is 0 Å². The van der Waals surface area contributed by atoms with Crippen LogP contribution in [0.5, 0.6) is 0 Å². The highest BCUT2D eigenvalue weighted by molar-refractivity contribution is 6.15. The second kappa shape index (κ2) is 9.28. The van der Waals surface area contributed by atoms with E-state index in [2.05, 4.69) is 4.84 Å². The fourth-order valence-corrected chi connectivity index (χ4v) is 2.67. The van der Waals surface area contributed by atoms with Gasteiger partial charge in [-0.2, -0.15) is 0 Å². The fourth-order valence-electron chi connectivity index (χ4n) is 2.25. The number of likely N-dealkylation sites (N-methyl/N-ethyl adjacent to an activating group) is 1. The summed E-state index contributed by atoms with van der Waals surface area (Å²) in [4.78, 5) is 28.8. The molecule has 0 heterocycles. The van der Waals surface area contributed by atoms with E-state index in [1.807, 2.05) is 34.6 Å². The molecule has 0 bridgehead atoms. The number of nitrogens with one attached hydrogen (secondary N) is 1. The molecule has 0 aromatic heterocycles. The molecule has 0 aromatic rings. The molecule has 1 amide bonds. The summed E-state index contributed by atoms with van der Waals surface area (Å²) in [6, 6.07) is -0.742. The van der Waals surface area contributed by atoms with Crippen molar-refractivity contribution in [1.29, 1.82) is 0 Å². The normalized spacial score (nSPS) is 15.3. The lowest BCUT2D eigenvalue weighted by Crippen LogP contribution is -2.52. The minimum atomic E-state index is -0.522. The smallest absolute Gasteiger partial charge is 0.333 e. The van der Waals surface area contributed by atoms with Crippen molar-refractivity contribution in [1.82, 2.24) is 9.74 Å². The Morgan fingerprint density at radius 1 is 1.30 bits per heavy atom. The number of halogens is 1. The Labute approximate surface area is 145 Å².